The fourth-order valence-electron chi connectivity index (χ4n) is 3.31. The molecule has 2 aromatic carbocycles. The summed E-state index contributed by atoms with van der Waals surface area (Å²) in [6, 6.07) is 21.8. The summed E-state index contributed by atoms with van der Waals surface area (Å²) < 4.78 is 6.97. The highest BCUT2D eigenvalue weighted by Crippen LogP contribution is 2.21. The number of allylic oxidation sites excluding steroid dienone is 1. The highest BCUT2D eigenvalue weighted by Gasteiger charge is 2.38. The minimum atomic E-state index is -1.95. The lowest BCUT2D eigenvalue weighted by molar-refractivity contribution is 0.270. The number of hydrogen-bond donors (Lipinski definition) is 0. The van der Waals surface area contributed by atoms with Gasteiger partial charge in [-0.1, -0.05) is 104 Å². The standard InChI is InChI=1S/C23H34OSi2/c1-6-7-8-15-20-23(25(2,3)21-16-11-9-12-17-21)24-26(4,5)22-18-13-10-14-19-22/h8-19,23H,6-7,20H2,1-5H3/b15-8-. The third-order valence-corrected chi connectivity index (χ3v) is 11.8. The van der Waals surface area contributed by atoms with E-state index in [-0.39, 0.29) is 0 Å². The van der Waals surface area contributed by atoms with Crippen LogP contribution in [0, 0.1) is 0 Å². The van der Waals surface area contributed by atoms with Gasteiger partial charge in [0.2, 0.25) is 8.32 Å². The predicted octanol–water partition coefficient (Wildman–Crippen LogP) is 5.39. The van der Waals surface area contributed by atoms with Gasteiger partial charge in [-0.2, -0.15) is 0 Å². The van der Waals surface area contributed by atoms with Crippen molar-refractivity contribution in [3.05, 3.63) is 72.8 Å². The minimum absolute atomic E-state index is 0.292. The molecule has 0 amide bonds. The Labute approximate surface area is 162 Å². The Morgan fingerprint density at radius 1 is 0.808 bits per heavy atom. The van der Waals surface area contributed by atoms with Crippen LogP contribution in [0.25, 0.3) is 0 Å². The van der Waals surface area contributed by atoms with Crippen LogP contribution in [0.1, 0.15) is 26.2 Å². The molecule has 0 N–H and O–H groups in total. The summed E-state index contributed by atoms with van der Waals surface area (Å²) in [7, 11) is -3.70. The van der Waals surface area contributed by atoms with E-state index in [1.165, 1.54) is 16.8 Å². The van der Waals surface area contributed by atoms with Crippen molar-refractivity contribution in [3.8, 4) is 0 Å². The van der Waals surface area contributed by atoms with E-state index in [1.807, 2.05) is 0 Å². The maximum atomic E-state index is 6.97. The van der Waals surface area contributed by atoms with Gasteiger partial charge in [-0.25, -0.2) is 0 Å². The molecule has 0 saturated carbocycles. The number of hydrogen-bond acceptors (Lipinski definition) is 1. The lowest BCUT2D eigenvalue weighted by atomic mass is 10.3. The van der Waals surface area contributed by atoms with E-state index >= 15 is 0 Å². The Hall–Kier alpha value is -1.43. The van der Waals surface area contributed by atoms with E-state index in [9.17, 15) is 0 Å². The molecule has 0 bridgehead atoms. The van der Waals surface area contributed by atoms with Crippen molar-refractivity contribution in [2.75, 3.05) is 0 Å². The maximum absolute atomic E-state index is 6.97. The molecular weight excluding hydrogens is 348 g/mol. The first-order chi connectivity index (χ1) is 12.4. The van der Waals surface area contributed by atoms with Gasteiger partial charge in [0, 0.05) is 5.73 Å². The van der Waals surface area contributed by atoms with Crippen molar-refractivity contribution in [1.29, 1.82) is 0 Å². The third-order valence-electron chi connectivity index (χ3n) is 5.20. The zero-order valence-electron chi connectivity index (χ0n) is 17.0. The van der Waals surface area contributed by atoms with E-state index in [2.05, 4.69) is 106 Å². The van der Waals surface area contributed by atoms with Crippen LogP contribution in [0.15, 0.2) is 72.8 Å². The topological polar surface area (TPSA) is 9.23 Å². The fourth-order valence-corrected chi connectivity index (χ4v) is 9.46. The molecule has 0 aliphatic carbocycles. The van der Waals surface area contributed by atoms with E-state index in [4.69, 9.17) is 4.43 Å². The van der Waals surface area contributed by atoms with E-state index in [0.717, 1.165) is 12.8 Å². The van der Waals surface area contributed by atoms with Crippen LogP contribution < -0.4 is 10.4 Å². The molecule has 140 valence electrons. The van der Waals surface area contributed by atoms with Crippen molar-refractivity contribution >= 4 is 26.8 Å². The molecule has 0 spiro atoms. The molecular formula is C23H34OSi2. The Balaban J connectivity index is 2.28. The van der Waals surface area contributed by atoms with Crippen LogP contribution in [0.3, 0.4) is 0 Å². The molecule has 1 atom stereocenters. The molecule has 0 aliphatic rings. The van der Waals surface area contributed by atoms with Gasteiger partial charge < -0.3 is 4.43 Å². The molecule has 1 unspecified atom stereocenters. The minimum Gasteiger partial charge on any atom is -0.412 e. The van der Waals surface area contributed by atoms with Crippen LogP contribution in [-0.4, -0.2) is 22.1 Å². The lowest BCUT2D eigenvalue weighted by Crippen LogP contribution is -2.59. The van der Waals surface area contributed by atoms with Gasteiger partial charge in [0.1, 0.15) is 8.07 Å². The lowest BCUT2D eigenvalue weighted by Gasteiger charge is -2.38. The summed E-state index contributed by atoms with van der Waals surface area (Å²) in [5.41, 5.74) is 0.292. The summed E-state index contributed by atoms with van der Waals surface area (Å²) in [6.45, 7) is 11.8. The van der Waals surface area contributed by atoms with E-state index in [0.29, 0.717) is 5.73 Å². The van der Waals surface area contributed by atoms with Gasteiger partial charge in [-0.3, -0.25) is 0 Å². The SMILES string of the molecule is CCC/C=C\CC(O[Si](C)(C)c1ccccc1)[Si](C)(C)c1ccccc1. The van der Waals surface area contributed by atoms with Crippen molar-refractivity contribution in [3.63, 3.8) is 0 Å². The highest BCUT2D eigenvalue weighted by molar-refractivity contribution is 6.92. The van der Waals surface area contributed by atoms with Gasteiger partial charge in [0.25, 0.3) is 0 Å². The molecule has 0 aromatic heterocycles. The summed E-state index contributed by atoms with van der Waals surface area (Å²) in [4.78, 5) is 0. The third kappa shape index (κ3) is 5.53. The summed E-state index contributed by atoms with van der Waals surface area (Å²) in [5, 5.41) is 2.85. The maximum Gasteiger partial charge on any atom is 0.218 e. The average molecular weight is 383 g/mol. The van der Waals surface area contributed by atoms with Gasteiger partial charge in [-0.05, 0) is 31.1 Å². The smallest absolute Gasteiger partial charge is 0.218 e. The monoisotopic (exact) mass is 382 g/mol. The number of unbranched alkanes of at least 4 members (excludes halogenated alkanes) is 1. The molecule has 0 radical (unpaired) electrons. The van der Waals surface area contributed by atoms with Gasteiger partial charge in [0.15, 0.2) is 0 Å². The average Bonchev–Trinajstić information content (AvgIpc) is 2.65. The van der Waals surface area contributed by atoms with Crippen LogP contribution >= 0.6 is 0 Å². The van der Waals surface area contributed by atoms with E-state index < -0.39 is 16.4 Å². The van der Waals surface area contributed by atoms with Gasteiger partial charge >= 0.3 is 0 Å². The zero-order chi connectivity index (χ0) is 19.0. The fraction of sp³-hybridized carbons (Fsp3) is 0.391. The molecule has 0 fully saturated rings. The quantitative estimate of drug-likeness (QED) is 0.417. The van der Waals surface area contributed by atoms with Crippen molar-refractivity contribution in [1.82, 2.24) is 0 Å². The Morgan fingerprint density at radius 3 is 1.88 bits per heavy atom. The zero-order valence-corrected chi connectivity index (χ0v) is 19.0. The second kappa shape index (κ2) is 9.49. The molecule has 0 aliphatic heterocycles. The molecule has 3 heteroatoms. The molecule has 0 heterocycles. The van der Waals surface area contributed by atoms with Gasteiger partial charge in [-0.15, -0.1) is 0 Å². The summed E-state index contributed by atoms with van der Waals surface area (Å²) in [5.74, 6) is 0. The second-order valence-electron chi connectivity index (χ2n) is 8.07. The summed E-state index contributed by atoms with van der Waals surface area (Å²) in [6.07, 6.45) is 8.03. The first-order valence-corrected chi connectivity index (χ1v) is 15.8. The van der Waals surface area contributed by atoms with Crippen molar-refractivity contribution in [2.24, 2.45) is 0 Å². The van der Waals surface area contributed by atoms with Crippen LogP contribution in [0.4, 0.5) is 0 Å². The Morgan fingerprint density at radius 2 is 1.35 bits per heavy atom. The van der Waals surface area contributed by atoms with Crippen LogP contribution in [0.2, 0.25) is 26.2 Å². The number of rotatable bonds is 9. The normalized spacial score (nSPS) is 13.9. The Kier molecular flexibility index (Phi) is 7.62. The highest BCUT2D eigenvalue weighted by atomic mass is 28.4. The second-order valence-corrected chi connectivity index (χ2v) is 16.6. The largest absolute Gasteiger partial charge is 0.412 e. The summed E-state index contributed by atoms with van der Waals surface area (Å²) >= 11 is 0. The van der Waals surface area contributed by atoms with Gasteiger partial charge in [0.05, 0.1) is 0 Å². The first kappa shape index (κ1) is 20.9. The molecule has 2 aromatic rings. The first-order valence-electron chi connectivity index (χ1n) is 9.82. The van der Waals surface area contributed by atoms with Crippen molar-refractivity contribution < 1.29 is 4.43 Å². The van der Waals surface area contributed by atoms with Crippen molar-refractivity contribution in [2.45, 2.75) is 58.1 Å². The number of benzene rings is 2. The predicted molar refractivity (Wildman–Crippen MR) is 121 cm³/mol. The van der Waals surface area contributed by atoms with Crippen LogP contribution in [-0.2, 0) is 4.43 Å². The Bertz CT molecular complexity index is 678. The molecule has 26 heavy (non-hydrogen) atoms. The van der Waals surface area contributed by atoms with E-state index in [1.54, 1.807) is 0 Å². The molecule has 0 saturated heterocycles. The van der Waals surface area contributed by atoms with Crippen LogP contribution in [0.5, 0.6) is 0 Å². The molecule has 2 rings (SSSR count). The molecule has 1 nitrogen and oxygen atoms in total.